The Labute approximate surface area is 170 Å². The molecule has 0 bridgehead atoms. The molecule has 0 saturated carbocycles. The van der Waals surface area contributed by atoms with E-state index in [1.165, 1.54) is 16.3 Å². The molecule has 0 saturated heterocycles. The van der Waals surface area contributed by atoms with Crippen LogP contribution in [0.15, 0.2) is 71.4 Å². The van der Waals surface area contributed by atoms with Crippen molar-refractivity contribution < 1.29 is 14.2 Å². The van der Waals surface area contributed by atoms with Crippen LogP contribution in [-0.2, 0) is 20.8 Å². The molecule has 0 N–H and O–H groups in total. The number of hydrogen-bond acceptors (Lipinski definition) is 3. The van der Waals surface area contributed by atoms with Crippen molar-refractivity contribution in [2.75, 3.05) is 20.5 Å². The average Bonchev–Trinajstić information content (AvgIpc) is 3.29. The fourth-order valence-corrected chi connectivity index (χ4v) is 8.50. The number of hydrogen-bond donors (Lipinski definition) is 0. The van der Waals surface area contributed by atoms with Gasteiger partial charge < -0.3 is 14.2 Å². The van der Waals surface area contributed by atoms with Crippen molar-refractivity contribution in [3.63, 3.8) is 0 Å². The smallest absolute Gasteiger partial charge is 0.147 e. The molecule has 1 unspecified atom stereocenters. The van der Waals surface area contributed by atoms with Gasteiger partial charge >= 0.3 is 0 Å². The fourth-order valence-electron chi connectivity index (χ4n) is 4.40. The number of allylic oxidation sites excluding steroid dienone is 1. The lowest BCUT2D eigenvalue weighted by Crippen LogP contribution is -2.42. The van der Waals surface area contributed by atoms with E-state index < -0.39 is 8.07 Å². The van der Waals surface area contributed by atoms with Gasteiger partial charge in [-0.3, -0.25) is 0 Å². The van der Waals surface area contributed by atoms with Crippen molar-refractivity contribution in [1.29, 1.82) is 0 Å². The summed E-state index contributed by atoms with van der Waals surface area (Å²) in [6, 6.07) is 21.2. The zero-order valence-corrected chi connectivity index (χ0v) is 18.7. The largest absolute Gasteiger partial charge is 0.374 e. The Hall–Kier alpha value is -1.72. The van der Waals surface area contributed by atoms with Crippen LogP contribution < -0.4 is 5.19 Å². The molecule has 0 radical (unpaired) electrons. The zero-order chi connectivity index (χ0) is 20.2. The summed E-state index contributed by atoms with van der Waals surface area (Å²) in [5.74, 6) is 0. The molecule has 2 aromatic rings. The predicted octanol–water partition coefficient (Wildman–Crippen LogP) is 4.68. The van der Waals surface area contributed by atoms with Gasteiger partial charge in [0.15, 0.2) is 0 Å². The van der Waals surface area contributed by atoms with Crippen molar-refractivity contribution in [3.05, 3.63) is 77.0 Å². The third kappa shape index (κ3) is 4.46. The first-order chi connectivity index (χ1) is 13.4. The summed E-state index contributed by atoms with van der Waals surface area (Å²) in [7, 11) is -0.0815. The first-order valence-corrected chi connectivity index (χ1v) is 12.9. The second-order valence-corrected chi connectivity index (χ2v) is 12.8. The van der Waals surface area contributed by atoms with Crippen LogP contribution in [0.5, 0.6) is 0 Å². The normalized spacial score (nSPS) is 16.9. The third-order valence-corrected chi connectivity index (χ3v) is 9.64. The van der Waals surface area contributed by atoms with E-state index in [1.54, 1.807) is 12.3 Å². The Morgan fingerprint density at radius 3 is 2.14 bits per heavy atom. The topological polar surface area (TPSA) is 27.7 Å². The van der Waals surface area contributed by atoms with E-state index in [9.17, 15) is 0 Å². The maximum absolute atomic E-state index is 6.07. The lowest BCUT2D eigenvalue weighted by Gasteiger charge is -2.23. The maximum atomic E-state index is 6.07. The van der Waals surface area contributed by atoms with Gasteiger partial charge in [0.2, 0.25) is 0 Å². The molecule has 0 spiro atoms. The molecule has 4 heteroatoms. The third-order valence-electron chi connectivity index (χ3n) is 5.72. The number of ether oxygens (including phenoxy) is 3. The summed E-state index contributed by atoms with van der Waals surface area (Å²) in [5.41, 5.74) is 2.66. The Balaban J connectivity index is 1.78. The van der Waals surface area contributed by atoms with Crippen LogP contribution in [0.4, 0.5) is 0 Å². The van der Waals surface area contributed by atoms with Gasteiger partial charge in [0, 0.05) is 12.5 Å². The Kier molecular flexibility index (Phi) is 6.56. The minimum absolute atomic E-state index is 0.0656. The van der Waals surface area contributed by atoms with Crippen LogP contribution in [0.2, 0.25) is 13.1 Å². The quantitative estimate of drug-likeness (QED) is 0.431. The van der Waals surface area contributed by atoms with E-state index in [1.807, 2.05) is 18.2 Å². The van der Waals surface area contributed by atoms with Gasteiger partial charge in [-0.1, -0.05) is 98.0 Å². The molecule has 1 aliphatic carbocycles. The molecule has 1 atom stereocenters. The number of methoxy groups -OCH3 is 1. The van der Waals surface area contributed by atoms with Gasteiger partial charge in [0.05, 0.1) is 13.2 Å². The lowest BCUT2D eigenvalue weighted by atomic mass is 10.0. The lowest BCUT2D eigenvalue weighted by molar-refractivity contribution is -0.0857. The fraction of sp³-hybridized carbons (Fsp3) is 0.417. The summed E-state index contributed by atoms with van der Waals surface area (Å²) in [6.07, 6.45) is -0.0656. The van der Waals surface area contributed by atoms with Crippen molar-refractivity contribution in [2.45, 2.75) is 39.7 Å². The molecule has 0 aromatic heterocycles. The summed E-state index contributed by atoms with van der Waals surface area (Å²) in [4.78, 5) is 0. The van der Waals surface area contributed by atoms with Crippen LogP contribution in [0.3, 0.4) is 0 Å². The summed E-state index contributed by atoms with van der Waals surface area (Å²) < 4.78 is 17.3. The van der Waals surface area contributed by atoms with Crippen molar-refractivity contribution in [3.8, 4) is 0 Å². The van der Waals surface area contributed by atoms with E-state index in [0.29, 0.717) is 13.2 Å². The van der Waals surface area contributed by atoms with Crippen molar-refractivity contribution >= 4 is 13.3 Å². The Morgan fingerprint density at radius 2 is 1.54 bits per heavy atom. The Bertz CT molecular complexity index is 797. The molecule has 0 heterocycles. The molecule has 2 aromatic carbocycles. The SMILES string of the molecule is COCOC(COCc1ccccc1)C1=C([Si](C)(C)c2ccccc2)C1(C)C. The van der Waals surface area contributed by atoms with E-state index in [2.05, 4.69) is 69.4 Å². The molecule has 0 fully saturated rings. The van der Waals surface area contributed by atoms with E-state index in [-0.39, 0.29) is 18.3 Å². The molecular weight excluding hydrogens is 364 g/mol. The second-order valence-electron chi connectivity index (χ2n) is 8.47. The highest BCUT2D eigenvalue weighted by molar-refractivity contribution is 6.97. The molecule has 1 aliphatic rings. The predicted molar refractivity (Wildman–Crippen MR) is 117 cm³/mol. The van der Waals surface area contributed by atoms with Crippen LogP contribution in [0, 0.1) is 5.41 Å². The van der Waals surface area contributed by atoms with Gasteiger partial charge in [-0.25, -0.2) is 0 Å². The van der Waals surface area contributed by atoms with Crippen molar-refractivity contribution in [2.24, 2.45) is 5.41 Å². The maximum Gasteiger partial charge on any atom is 0.147 e. The highest BCUT2D eigenvalue weighted by Gasteiger charge is 2.55. The summed E-state index contributed by atoms with van der Waals surface area (Å²) >= 11 is 0. The molecule has 0 amide bonds. The van der Waals surface area contributed by atoms with E-state index in [0.717, 1.165) is 0 Å². The minimum atomic E-state index is -1.75. The van der Waals surface area contributed by atoms with Gasteiger partial charge in [0.25, 0.3) is 0 Å². The first-order valence-electron chi connectivity index (χ1n) is 9.92. The first kappa shape index (κ1) is 21.0. The van der Waals surface area contributed by atoms with Gasteiger partial charge in [-0.15, -0.1) is 0 Å². The highest BCUT2D eigenvalue weighted by Crippen LogP contribution is 2.58. The van der Waals surface area contributed by atoms with Crippen LogP contribution in [-0.4, -0.2) is 34.7 Å². The average molecular weight is 397 g/mol. The van der Waals surface area contributed by atoms with Gasteiger partial charge in [0.1, 0.15) is 21.0 Å². The number of rotatable bonds is 10. The van der Waals surface area contributed by atoms with Crippen LogP contribution in [0.25, 0.3) is 0 Å². The summed E-state index contributed by atoms with van der Waals surface area (Å²) in [5, 5.41) is 3.04. The molecule has 0 aliphatic heterocycles. The molecule has 150 valence electrons. The van der Waals surface area contributed by atoms with Gasteiger partial charge in [-0.2, -0.15) is 0 Å². The van der Waals surface area contributed by atoms with E-state index in [4.69, 9.17) is 14.2 Å². The number of benzene rings is 2. The monoisotopic (exact) mass is 396 g/mol. The van der Waals surface area contributed by atoms with Gasteiger partial charge in [-0.05, 0) is 11.1 Å². The minimum Gasteiger partial charge on any atom is -0.374 e. The molecular formula is C24H32O3Si. The zero-order valence-electron chi connectivity index (χ0n) is 17.7. The highest BCUT2D eigenvalue weighted by atomic mass is 28.3. The van der Waals surface area contributed by atoms with Crippen LogP contribution in [0.1, 0.15) is 19.4 Å². The second kappa shape index (κ2) is 8.74. The molecule has 28 heavy (non-hydrogen) atoms. The van der Waals surface area contributed by atoms with Crippen molar-refractivity contribution in [1.82, 2.24) is 0 Å². The molecule has 3 nitrogen and oxygen atoms in total. The molecule has 3 rings (SSSR count). The standard InChI is InChI=1S/C24H32O3Si/c1-24(2)22(23(24)28(4,5)20-14-10-7-11-15-20)21(27-18-25-3)17-26-16-19-12-8-6-9-13-19/h6-15,21H,16-18H2,1-5H3. The van der Waals surface area contributed by atoms with Crippen LogP contribution >= 0.6 is 0 Å². The Morgan fingerprint density at radius 1 is 0.929 bits per heavy atom. The van der Waals surface area contributed by atoms with E-state index >= 15 is 0 Å². The summed E-state index contributed by atoms with van der Waals surface area (Å²) in [6.45, 7) is 10.9.